The van der Waals surface area contributed by atoms with E-state index in [1.54, 1.807) is 6.20 Å². The second kappa shape index (κ2) is 6.90. The van der Waals surface area contributed by atoms with Crippen molar-refractivity contribution in [2.75, 3.05) is 0 Å². The van der Waals surface area contributed by atoms with Crippen LogP contribution in [0.25, 0.3) is 10.9 Å². The van der Waals surface area contributed by atoms with Crippen molar-refractivity contribution in [1.29, 1.82) is 0 Å². The second-order valence-corrected chi connectivity index (χ2v) is 6.11. The molecule has 0 fully saturated rings. The van der Waals surface area contributed by atoms with Crippen LogP contribution in [0, 0.1) is 24.0 Å². The lowest BCUT2D eigenvalue weighted by Crippen LogP contribution is -2.43. The number of hydrogen-bond donors (Lipinski definition) is 2. The summed E-state index contributed by atoms with van der Waals surface area (Å²) in [5.74, 6) is -1.01. The highest BCUT2D eigenvalue weighted by atomic mass is 16.6. The minimum Gasteiger partial charge on any atom is -0.350 e. The molecule has 0 spiro atoms. The van der Waals surface area contributed by atoms with Gasteiger partial charge in [0.25, 0.3) is 11.8 Å². The molecule has 140 valence electrons. The molecule has 10 nitrogen and oxygen atoms in total. The number of rotatable bonds is 4. The molecule has 0 atom stereocenters. The van der Waals surface area contributed by atoms with Crippen LogP contribution in [-0.4, -0.2) is 31.1 Å². The van der Waals surface area contributed by atoms with Crippen LogP contribution in [0.5, 0.6) is 0 Å². The molecule has 0 unspecified atom stereocenters. The van der Waals surface area contributed by atoms with E-state index < -0.39 is 16.7 Å². The number of nitro groups is 1. The number of benzene rings is 1. The predicted molar refractivity (Wildman–Crippen MR) is 96.9 cm³/mol. The van der Waals surface area contributed by atoms with Gasteiger partial charge in [0.05, 0.1) is 10.5 Å². The van der Waals surface area contributed by atoms with Crippen LogP contribution in [0.3, 0.4) is 0 Å². The van der Waals surface area contributed by atoms with Crippen LogP contribution in [0.4, 0.5) is 5.69 Å². The first-order valence-corrected chi connectivity index (χ1v) is 8.11. The van der Waals surface area contributed by atoms with E-state index in [-0.39, 0.29) is 23.6 Å². The molecule has 0 aliphatic rings. The van der Waals surface area contributed by atoms with Gasteiger partial charge in [0.1, 0.15) is 17.9 Å². The molecule has 27 heavy (non-hydrogen) atoms. The standard InChI is InChI=1S/C17H18N6O4/c1-10-16(23(26)27)11(2)22(20-10)9-15(24)18-19-17(25)13-8-21(3)14-7-5-4-6-12(13)14/h4-8H,9H2,1-3H3,(H,18,24)(H,19,25). The third-order valence-corrected chi connectivity index (χ3v) is 4.28. The maximum Gasteiger partial charge on any atom is 0.312 e. The van der Waals surface area contributed by atoms with Gasteiger partial charge >= 0.3 is 5.69 Å². The number of amides is 2. The molecule has 0 radical (unpaired) electrons. The Morgan fingerprint density at radius 2 is 1.93 bits per heavy atom. The molecule has 3 aromatic rings. The van der Waals surface area contributed by atoms with Gasteiger partial charge in [-0.3, -0.25) is 35.2 Å². The molecule has 10 heteroatoms. The van der Waals surface area contributed by atoms with E-state index >= 15 is 0 Å². The third-order valence-electron chi connectivity index (χ3n) is 4.28. The van der Waals surface area contributed by atoms with E-state index in [0.717, 1.165) is 10.9 Å². The number of carbonyl (C=O) groups is 2. The van der Waals surface area contributed by atoms with Gasteiger partial charge in [-0.2, -0.15) is 5.10 Å². The fourth-order valence-electron chi connectivity index (χ4n) is 3.00. The van der Waals surface area contributed by atoms with Gasteiger partial charge < -0.3 is 4.57 Å². The largest absolute Gasteiger partial charge is 0.350 e. The van der Waals surface area contributed by atoms with Crippen molar-refractivity contribution in [2.24, 2.45) is 7.05 Å². The lowest BCUT2D eigenvalue weighted by molar-refractivity contribution is -0.386. The summed E-state index contributed by atoms with van der Waals surface area (Å²) in [5.41, 5.74) is 6.37. The Morgan fingerprint density at radius 3 is 2.59 bits per heavy atom. The van der Waals surface area contributed by atoms with Crippen molar-refractivity contribution in [3.8, 4) is 0 Å². The molecule has 2 heterocycles. The first kappa shape index (κ1) is 18.1. The number of carbonyl (C=O) groups excluding carboxylic acids is 2. The molecule has 0 aliphatic carbocycles. The van der Waals surface area contributed by atoms with E-state index in [0.29, 0.717) is 5.56 Å². The lowest BCUT2D eigenvalue weighted by Gasteiger charge is -2.07. The molecule has 0 saturated heterocycles. The van der Waals surface area contributed by atoms with E-state index in [1.165, 1.54) is 18.5 Å². The summed E-state index contributed by atoms with van der Waals surface area (Å²) in [6.07, 6.45) is 1.68. The quantitative estimate of drug-likeness (QED) is 0.530. The van der Waals surface area contributed by atoms with Crippen LogP contribution in [0.2, 0.25) is 0 Å². The summed E-state index contributed by atoms with van der Waals surface area (Å²) in [5, 5.41) is 15.8. The van der Waals surface area contributed by atoms with E-state index in [9.17, 15) is 19.7 Å². The van der Waals surface area contributed by atoms with Gasteiger partial charge in [0.15, 0.2) is 0 Å². The Kier molecular flexibility index (Phi) is 4.63. The minimum absolute atomic E-state index is 0.123. The van der Waals surface area contributed by atoms with E-state index in [2.05, 4.69) is 16.0 Å². The summed E-state index contributed by atoms with van der Waals surface area (Å²) in [6.45, 7) is 2.76. The SMILES string of the molecule is Cc1nn(CC(=O)NNC(=O)c2cn(C)c3ccccc23)c(C)c1[N+](=O)[O-]. The van der Waals surface area contributed by atoms with Crippen LogP contribution in [-0.2, 0) is 18.4 Å². The Labute approximate surface area is 153 Å². The Bertz CT molecular complexity index is 1060. The average Bonchev–Trinajstić information content (AvgIpc) is 3.10. The number of para-hydroxylation sites is 1. The summed E-state index contributed by atoms with van der Waals surface area (Å²) in [4.78, 5) is 35.0. The fourth-order valence-corrected chi connectivity index (χ4v) is 3.00. The van der Waals surface area contributed by atoms with Crippen LogP contribution in [0.15, 0.2) is 30.5 Å². The van der Waals surface area contributed by atoms with Crippen molar-refractivity contribution in [3.63, 3.8) is 0 Å². The van der Waals surface area contributed by atoms with Crippen LogP contribution in [0.1, 0.15) is 21.7 Å². The first-order chi connectivity index (χ1) is 12.8. The molecule has 0 bridgehead atoms. The van der Waals surface area contributed by atoms with E-state index in [4.69, 9.17) is 0 Å². The van der Waals surface area contributed by atoms with Crippen molar-refractivity contribution in [3.05, 3.63) is 57.5 Å². The van der Waals surface area contributed by atoms with Crippen molar-refractivity contribution >= 4 is 28.4 Å². The lowest BCUT2D eigenvalue weighted by atomic mass is 10.2. The molecule has 2 amide bonds. The van der Waals surface area contributed by atoms with Gasteiger partial charge in [-0.1, -0.05) is 18.2 Å². The zero-order chi connectivity index (χ0) is 19.7. The highest BCUT2D eigenvalue weighted by Gasteiger charge is 2.23. The van der Waals surface area contributed by atoms with Gasteiger partial charge in [0, 0.05) is 24.1 Å². The zero-order valence-electron chi connectivity index (χ0n) is 15.0. The normalized spacial score (nSPS) is 10.8. The highest BCUT2D eigenvalue weighted by molar-refractivity contribution is 6.07. The number of aromatic nitrogens is 3. The fraction of sp³-hybridized carbons (Fsp3) is 0.235. The average molecular weight is 370 g/mol. The second-order valence-electron chi connectivity index (χ2n) is 6.11. The predicted octanol–water partition coefficient (Wildman–Crippen LogP) is 1.36. The monoisotopic (exact) mass is 370 g/mol. The minimum atomic E-state index is -0.552. The maximum atomic E-state index is 12.4. The number of nitrogens with zero attached hydrogens (tertiary/aromatic N) is 4. The number of fused-ring (bicyclic) bond motifs is 1. The smallest absolute Gasteiger partial charge is 0.312 e. The number of nitrogens with one attached hydrogen (secondary N) is 2. The van der Waals surface area contributed by atoms with Crippen molar-refractivity contribution < 1.29 is 14.5 Å². The Balaban J connectivity index is 1.68. The van der Waals surface area contributed by atoms with Gasteiger partial charge in [0.2, 0.25) is 0 Å². The summed E-state index contributed by atoms with van der Waals surface area (Å²) in [7, 11) is 1.83. The topological polar surface area (TPSA) is 124 Å². The molecular formula is C17H18N6O4. The van der Waals surface area contributed by atoms with Crippen molar-refractivity contribution in [1.82, 2.24) is 25.2 Å². The highest BCUT2D eigenvalue weighted by Crippen LogP contribution is 2.22. The van der Waals surface area contributed by atoms with Gasteiger partial charge in [-0.25, -0.2) is 0 Å². The maximum absolute atomic E-state index is 12.4. The summed E-state index contributed by atoms with van der Waals surface area (Å²) < 4.78 is 3.05. The van der Waals surface area contributed by atoms with Crippen molar-refractivity contribution in [2.45, 2.75) is 20.4 Å². The molecule has 2 N–H and O–H groups in total. The van der Waals surface area contributed by atoms with Crippen LogP contribution >= 0.6 is 0 Å². The molecule has 3 rings (SSSR count). The van der Waals surface area contributed by atoms with Crippen LogP contribution < -0.4 is 10.9 Å². The molecule has 0 aliphatic heterocycles. The number of hydrazine groups is 1. The first-order valence-electron chi connectivity index (χ1n) is 8.11. The zero-order valence-corrected chi connectivity index (χ0v) is 15.0. The van der Waals surface area contributed by atoms with E-state index in [1.807, 2.05) is 35.9 Å². The Morgan fingerprint density at radius 1 is 1.22 bits per heavy atom. The molecule has 0 saturated carbocycles. The van der Waals surface area contributed by atoms with Gasteiger partial charge in [-0.15, -0.1) is 0 Å². The summed E-state index contributed by atoms with van der Waals surface area (Å²) in [6, 6.07) is 7.41. The van der Waals surface area contributed by atoms with Gasteiger partial charge in [-0.05, 0) is 19.9 Å². The molecular weight excluding hydrogens is 352 g/mol. The number of hydrogen-bond acceptors (Lipinski definition) is 5. The Hall–Kier alpha value is -3.69. The summed E-state index contributed by atoms with van der Waals surface area (Å²) >= 11 is 0. The third kappa shape index (κ3) is 3.36. The number of aryl methyl sites for hydroxylation is 2. The molecule has 1 aromatic carbocycles. The molecule has 2 aromatic heterocycles.